The molecule has 0 radical (unpaired) electrons. The summed E-state index contributed by atoms with van der Waals surface area (Å²) in [5.74, 6) is -0.729. The first-order valence-corrected chi connectivity index (χ1v) is 8.25. The van der Waals surface area contributed by atoms with Crippen molar-refractivity contribution >= 4 is 13.6 Å². The van der Waals surface area contributed by atoms with Crippen LogP contribution in [0.2, 0.25) is 0 Å². The van der Waals surface area contributed by atoms with Gasteiger partial charge >= 0.3 is 13.6 Å². The van der Waals surface area contributed by atoms with Crippen LogP contribution in [-0.4, -0.2) is 27.0 Å². The van der Waals surface area contributed by atoms with E-state index in [4.69, 9.17) is 4.74 Å². The summed E-state index contributed by atoms with van der Waals surface area (Å²) >= 11 is 0. The van der Waals surface area contributed by atoms with Crippen molar-refractivity contribution in [1.29, 1.82) is 0 Å². The van der Waals surface area contributed by atoms with Gasteiger partial charge in [-0.3, -0.25) is 9.36 Å². The number of carbonyl (C=O) groups is 1. The molecule has 1 aliphatic carbocycles. The van der Waals surface area contributed by atoms with Gasteiger partial charge < -0.3 is 14.5 Å². The average molecular weight is 278 g/mol. The van der Waals surface area contributed by atoms with Crippen LogP contribution in [0.4, 0.5) is 0 Å². The van der Waals surface area contributed by atoms with Gasteiger partial charge in [-0.2, -0.15) is 0 Å². The molecule has 2 N–H and O–H groups in total. The Morgan fingerprint density at radius 2 is 1.72 bits per heavy atom. The van der Waals surface area contributed by atoms with Gasteiger partial charge in [0.1, 0.15) is 6.10 Å². The van der Waals surface area contributed by atoms with E-state index in [0.717, 1.165) is 32.1 Å². The molecule has 0 aromatic carbocycles. The monoisotopic (exact) mass is 278 g/mol. The number of hydrogen-bond donors (Lipinski definition) is 2. The van der Waals surface area contributed by atoms with Crippen molar-refractivity contribution in [2.24, 2.45) is 0 Å². The van der Waals surface area contributed by atoms with Crippen LogP contribution in [-0.2, 0) is 14.1 Å². The SMILES string of the molecule is CCC(CC)(C(=O)OC1CCCCC1)P(=O)(O)O. The number of rotatable bonds is 5. The van der Waals surface area contributed by atoms with Gasteiger partial charge in [-0.25, -0.2) is 0 Å². The predicted molar refractivity (Wildman–Crippen MR) is 68.3 cm³/mol. The van der Waals surface area contributed by atoms with E-state index in [-0.39, 0.29) is 18.9 Å². The van der Waals surface area contributed by atoms with Gasteiger partial charge in [-0.05, 0) is 38.5 Å². The van der Waals surface area contributed by atoms with Crippen molar-refractivity contribution in [3.8, 4) is 0 Å². The molecule has 18 heavy (non-hydrogen) atoms. The molecule has 5 nitrogen and oxygen atoms in total. The highest BCUT2D eigenvalue weighted by Crippen LogP contribution is 2.55. The van der Waals surface area contributed by atoms with Gasteiger partial charge in [0, 0.05) is 0 Å². The lowest BCUT2D eigenvalue weighted by Gasteiger charge is -2.32. The third-order valence-corrected chi connectivity index (χ3v) is 5.86. The van der Waals surface area contributed by atoms with Crippen molar-refractivity contribution in [3.05, 3.63) is 0 Å². The van der Waals surface area contributed by atoms with E-state index in [9.17, 15) is 19.1 Å². The molecule has 0 spiro atoms. The van der Waals surface area contributed by atoms with Crippen LogP contribution >= 0.6 is 7.60 Å². The third kappa shape index (κ3) is 3.14. The molecule has 0 heterocycles. The summed E-state index contributed by atoms with van der Waals surface area (Å²) in [4.78, 5) is 31.0. The van der Waals surface area contributed by atoms with E-state index in [1.807, 2.05) is 0 Å². The molecule has 0 bridgehead atoms. The second-order valence-corrected chi connectivity index (χ2v) is 6.89. The highest BCUT2D eigenvalue weighted by Gasteiger charge is 2.52. The first-order valence-electron chi connectivity index (χ1n) is 6.64. The Morgan fingerprint density at radius 3 is 2.11 bits per heavy atom. The zero-order valence-corrected chi connectivity index (χ0v) is 12.0. The standard InChI is InChI=1S/C12H23O5P/c1-3-12(4-2,18(14,15)16)11(13)17-10-8-6-5-7-9-10/h10H,3-9H2,1-2H3,(H2,14,15,16). The summed E-state index contributed by atoms with van der Waals surface area (Å²) in [6, 6.07) is 0. The fourth-order valence-corrected chi connectivity index (χ4v) is 3.63. The van der Waals surface area contributed by atoms with Gasteiger partial charge in [0.15, 0.2) is 5.16 Å². The molecule has 0 aromatic rings. The maximum absolute atomic E-state index is 12.1. The molecule has 106 valence electrons. The van der Waals surface area contributed by atoms with Crippen LogP contribution < -0.4 is 0 Å². The fourth-order valence-electron chi connectivity index (χ4n) is 2.51. The molecular weight excluding hydrogens is 255 g/mol. The summed E-state index contributed by atoms with van der Waals surface area (Å²) in [5, 5.41) is -1.66. The molecule has 0 atom stereocenters. The lowest BCUT2D eigenvalue weighted by molar-refractivity contribution is -0.154. The maximum Gasteiger partial charge on any atom is 0.342 e. The smallest absolute Gasteiger partial charge is 0.342 e. The Balaban J connectivity index is 2.80. The maximum atomic E-state index is 12.1. The van der Waals surface area contributed by atoms with Crippen LogP contribution in [0.15, 0.2) is 0 Å². The van der Waals surface area contributed by atoms with Gasteiger partial charge in [-0.1, -0.05) is 20.3 Å². The quantitative estimate of drug-likeness (QED) is 0.596. The second-order valence-electron chi connectivity index (χ2n) is 4.95. The molecule has 0 saturated heterocycles. The first kappa shape index (κ1) is 15.7. The van der Waals surface area contributed by atoms with Gasteiger partial charge in [0.2, 0.25) is 0 Å². The minimum absolute atomic E-state index is 0.0966. The third-order valence-electron chi connectivity index (χ3n) is 3.93. The van der Waals surface area contributed by atoms with Crippen molar-refractivity contribution in [3.63, 3.8) is 0 Å². The normalized spacial score (nSPS) is 18.7. The van der Waals surface area contributed by atoms with Crippen LogP contribution in [0.25, 0.3) is 0 Å². The Morgan fingerprint density at radius 1 is 1.22 bits per heavy atom. The number of ether oxygens (including phenoxy) is 1. The predicted octanol–water partition coefficient (Wildman–Crippen LogP) is 2.60. The Kier molecular flexibility index (Phi) is 5.38. The van der Waals surface area contributed by atoms with Gasteiger partial charge in [-0.15, -0.1) is 0 Å². The summed E-state index contributed by atoms with van der Waals surface area (Å²) in [6.45, 7) is 3.23. The van der Waals surface area contributed by atoms with E-state index in [2.05, 4.69) is 0 Å². The highest BCUT2D eigenvalue weighted by atomic mass is 31.2. The van der Waals surface area contributed by atoms with Crippen molar-refractivity contribution in [2.75, 3.05) is 0 Å². The van der Waals surface area contributed by atoms with Crippen LogP contribution in [0.5, 0.6) is 0 Å². The second kappa shape index (κ2) is 6.18. The Hall–Kier alpha value is -0.380. The molecule has 6 heteroatoms. The first-order chi connectivity index (χ1) is 8.37. The molecule has 1 saturated carbocycles. The Labute approximate surface area is 108 Å². The van der Waals surface area contributed by atoms with E-state index >= 15 is 0 Å². The minimum atomic E-state index is -4.51. The molecule has 0 aliphatic heterocycles. The van der Waals surface area contributed by atoms with E-state index < -0.39 is 18.7 Å². The molecule has 0 unspecified atom stereocenters. The summed E-state index contributed by atoms with van der Waals surface area (Å²) in [5.41, 5.74) is 0. The van der Waals surface area contributed by atoms with E-state index in [0.29, 0.717) is 0 Å². The van der Waals surface area contributed by atoms with E-state index in [1.165, 1.54) is 0 Å². The molecule has 0 aromatic heterocycles. The summed E-state index contributed by atoms with van der Waals surface area (Å²) < 4.78 is 16.9. The molecule has 1 fully saturated rings. The topological polar surface area (TPSA) is 83.8 Å². The van der Waals surface area contributed by atoms with Crippen LogP contribution in [0.3, 0.4) is 0 Å². The number of esters is 1. The van der Waals surface area contributed by atoms with Gasteiger partial charge in [0.25, 0.3) is 0 Å². The number of hydrogen-bond acceptors (Lipinski definition) is 3. The van der Waals surface area contributed by atoms with Crippen molar-refractivity contribution < 1.29 is 23.9 Å². The minimum Gasteiger partial charge on any atom is -0.461 e. The average Bonchev–Trinajstić information content (AvgIpc) is 2.30. The zero-order valence-electron chi connectivity index (χ0n) is 11.1. The largest absolute Gasteiger partial charge is 0.461 e. The molecule has 1 aliphatic rings. The highest BCUT2D eigenvalue weighted by molar-refractivity contribution is 7.54. The van der Waals surface area contributed by atoms with Crippen molar-refractivity contribution in [2.45, 2.75) is 70.1 Å². The van der Waals surface area contributed by atoms with Crippen molar-refractivity contribution in [1.82, 2.24) is 0 Å². The number of carbonyl (C=O) groups excluding carboxylic acids is 1. The lowest BCUT2D eigenvalue weighted by Crippen LogP contribution is -2.41. The van der Waals surface area contributed by atoms with E-state index in [1.54, 1.807) is 13.8 Å². The fraction of sp³-hybridized carbons (Fsp3) is 0.917. The van der Waals surface area contributed by atoms with Gasteiger partial charge in [0.05, 0.1) is 0 Å². The summed E-state index contributed by atoms with van der Waals surface area (Å²) in [6.07, 6.45) is 4.79. The lowest BCUT2D eigenvalue weighted by atomic mass is 9.97. The Bertz CT molecular complexity index is 325. The van der Waals surface area contributed by atoms with Crippen LogP contribution in [0.1, 0.15) is 58.8 Å². The molecular formula is C12H23O5P. The molecule has 0 amide bonds. The van der Waals surface area contributed by atoms with Crippen LogP contribution in [0, 0.1) is 0 Å². The zero-order chi connectivity index (χ0) is 13.8. The summed E-state index contributed by atoms with van der Waals surface area (Å²) in [7, 11) is -4.51. The molecule has 1 rings (SSSR count).